The molecule has 5 nitrogen and oxygen atoms in total. The van der Waals surface area contributed by atoms with Gasteiger partial charge in [-0.2, -0.15) is 13.2 Å². The normalized spacial score (nSPS) is 11.6. The van der Waals surface area contributed by atoms with E-state index in [-0.39, 0.29) is 0 Å². The van der Waals surface area contributed by atoms with Crippen molar-refractivity contribution >= 4 is 17.6 Å². The first-order chi connectivity index (χ1) is 8.14. The van der Waals surface area contributed by atoms with Crippen LogP contribution in [0, 0.1) is 0 Å². The van der Waals surface area contributed by atoms with Gasteiger partial charge in [0.2, 0.25) is 0 Å². The van der Waals surface area contributed by atoms with Crippen LogP contribution in [0.4, 0.5) is 18.9 Å². The highest BCUT2D eigenvalue weighted by atomic mass is 19.4. The van der Waals surface area contributed by atoms with E-state index in [2.05, 4.69) is 0 Å². The largest absolute Gasteiger partial charge is 0.480 e. The number of anilines is 1. The minimum Gasteiger partial charge on any atom is -0.480 e. The van der Waals surface area contributed by atoms with Gasteiger partial charge in [0.05, 0.1) is 5.56 Å². The number of alkyl halides is 3. The van der Waals surface area contributed by atoms with Gasteiger partial charge < -0.3 is 15.9 Å². The molecule has 8 heteroatoms. The van der Waals surface area contributed by atoms with E-state index in [9.17, 15) is 22.8 Å². The summed E-state index contributed by atoms with van der Waals surface area (Å²) in [6.45, 7) is 0. The van der Waals surface area contributed by atoms with E-state index in [0.29, 0.717) is 6.07 Å². The van der Waals surface area contributed by atoms with Gasteiger partial charge in [-0.25, -0.2) is 0 Å². The van der Waals surface area contributed by atoms with Gasteiger partial charge in [0.15, 0.2) is 5.92 Å². The van der Waals surface area contributed by atoms with Crippen molar-refractivity contribution in [3.05, 3.63) is 29.3 Å². The number of carboxylic acid groups (broad SMARTS) is 2. The summed E-state index contributed by atoms with van der Waals surface area (Å²) in [4.78, 5) is 21.4. The zero-order valence-corrected chi connectivity index (χ0v) is 8.73. The Morgan fingerprint density at radius 2 is 1.67 bits per heavy atom. The molecule has 0 atom stereocenters. The molecule has 0 heterocycles. The van der Waals surface area contributed by atoms with E-state index in [1.807, 2.05) is 0 Å². The Bertz CT molecular complexity index is 484. The molecule has 0 aliphatic rings. The minimum atomic E-state index is -4.78. The fourth-order valence-corrected chi connectivity index (χ4v) is 1.39. The number of rotatable bonds is 3. The zero-order chi connectivity index (χ0) is 14.1. The molecule has 1 aromatic carbocycles. The smallest absolute Gasteiger partial charge is 0.418 e. The first-order valence-corrected chi connectivity index (χ1v) is 4.57. The third kappa shape index (κ3) is 2.70. The quantitative estimate of drug-likeness (QED) is 0.567. The maximum absolute atomic E-state index is 12.5. The highest BCUT2D eigenvalue weighted by molar-refractivity contribution is 5.99. The second-order valence-electron chi connectivity index (χ2n) is 3.45. The number of nitrogens with two attached hydrogens (primary N) is 1. The number of hydrogen-bond acceptors (Lipinski definition) is 3. The summed E-state index contributed by atoms with van der Waals surface area (Å²) < 4.78 is 37.6. The lowest BCUT2D eigenvalue weighted by molar-refractivity contribution is -0.150. The maximum atomic E-state index is 12.5. The van der Waals surface area contributed by atoms with Crippen molar-refractivity contribution in [3.8, 4) is 0 Å². The SMILES string of the molecule is Nc1ccc(C(C(=O)O)C(=O)O)cc1C(F)(F)F. The monoisotopic (exact) mass is 263 g/mol. The van der Waals surface area contributed by atoms with Gasteiger partial charge in [-0.1, -0.05) is 6.07 Å². The molecule has 0 amide bonds. The van der Waals surface area contributed by atoms with Crippen molar-refractivity contribution in [2.24, 2.45) is 0 Å². The van der Waals surface area contributed by atoms with Crippen LogP contribution >= 0.6 is 0 Å². The predicted molar refractivity (Wildman–Crippen MR) is 53.9 cm³/mol. The second kappa shape index (κ2) is 4.55. The lowest BCUT2D eigenvalue weighted by Crippen LogP contribution is -2.22. The number of carbonyl (C=O) groups is 2. The highest BCUT2D eigenvalue weighted by Gasteiger charge is 2.35. The van der Waals surface area contributed by atoms with Crippen LogP contribution in [-0.4, -0.2) is 22.2 Å². The first kappa shape index (κ1) is 13.8. The van der Waals surface area contributed by atoms with Crippen LogP contribution in [0.1, 0.15) is 17.0 Å². The van der Waals surface area contributed by atoms with Crippen molar-refractivity contribution in [1.29, 1.82) is 0 Å². The zero-order valence-electron chi connectivity index (χ0n) is 8.73. The fourth-order valence-electron chi connectivity index (χ4n) is 1.39. The number of hydrogen-bond donors (Lipinski definition) is 3. The molecule has 4 N–H and O–H groups in total. The molecular weight excluding hydrogens is 255 g/mol. The van der Waals surface area contributed by atoms with Crippen molar-refractivity contribution in [2.45, 2.75) is 12.1 Å². The lowest BCUT2D eigenvalue weighted by atomic mass is 9.96. The summed E-state index contributed by atoms with van der Waals surface area (Å²) in [7, 11) is 0. The average Bonchev–Trinajstić information content (AvgIpc) is 2.17. The number of nitrogen functional groups attached to an aromatic ring is 1. The predicted octanol–water partition coefficient (Wildman–Crippen LogP) is 1.54. The Hall–Kier alpha value is -2.25. The standard InChI is InChI=1S/C10H8F3NO4/c11-10(12,13)5-3-4(1-2-6(5)14)7(8(15)16)9(17)18/h1-3,7H,14H2,(H,15,16)(H,17,18). The van der Waals surface area contributed by atoms with Crippen LogP contribution in [0.25, 0.3) is 0 Å². The molecule has 0 fully saturated rings. The van der Waals surface area contributed by atoms with Crippen molar-refractivity contribution in [3.63, 3.8) is 0 Å². The van der Waals surface area contributed by atoms with Crippen LogP contribution in [0.15, 0.2) is 18.2 Å². The van der Waals surface area contributed by atoms with Gasteiger partial charge in [-0.05, 0) is 17.7 Å². The summed E-state index contributed by atoms with van der Waals surface area (Å²) in [5, 5.41) is 17.3. The molecule has 0 saturated carbocycles. The molecule has 0 bridgehead atoms. The van der Waals surface area contributed by atoms with Crippen LogP contribution < -0.4 is 5.73 Å². The van der Waals surface area contributed by atoms with Crippen molar-refractivity contribution < 1.29 is 33.0 Å². The van der Waals surface area contributed by atoms with E-state index < -0.39 is 40.8 Å². The summed E-state index contributed by atoms with van der Waals surface area (Å²) in [6, 6.07) is 2.21. The Morgan fingerprint density at radius 3 is 2.06 bits per heavy atom. The van der Waals surface area contributed by atoms with Gasteiger partial charge in [0.1, 0.15) is 0 Å². The molecule has 1 aromatic rings. The number of benzene rings is 1. The Kier molecular flexibility index (Phi) is 3.49. The van der Waals surface area contributed by atoms with E-state index in [4.69, 9.17) is 15.9 Å². The third-order valence-electron chi connectivity index (χ3n) is 2.21. The molecule has 0 aliphatic heterocycles. The van der Waals surface area contributed by atoms with Crippen LogP contribution in [-0.2, 0) is 15.8 Å². The topological polar surface area (TPSA) is 101 Å². The fraction of sp³-hybridized carbons (Fsp3) is 0.200. The third-order valence-corrected chi connectivity index (χ3v) is 2.21. The number of halogens is 3. The van der Waals surface area contributed by atoms with Gasteiger partial charge in [-0.15, -0.1) is 0 Å². The number of carboxylic acids is 2. The summed E-state index contributed by atoms with van der Waals surface area (Å²) >= 11 is 0. The number of aliphatic carboxylic acids is 2. The molecular formula is C10H8F3NO4. The minimum absolute atomic E-state index is 0.433. The average molecular weight is 263 g/mol. The van der Waals surface area contributed by atoms with Crippen molar-refractivity contribution in [2.75, 3.05) is 5.73 Å². The van der Waals surface area contributed by atoms with Crippen LogP contribution in [0.3, 0.4) is 0 Å². The maximum Gasteiger partial charge on any atom is 0.418 e. The van der Waals surface area contributed by atoms with Crippen LogP contribution in [0.2, 0.25) is 0 Å². The van der Waals surface area contributed by atoms with Gasteiger partial charge >= 0.3 is 18.1 Å². The lowest BCUT2D eigenvalue weighted by Gasteiger charge is -2.13. The molecule has 1 rings (SSSR count). The van der Waals surface area contributed by atoms with Gasteiger partial charge in [0, 0.05) is 5.69 Å². The van der Waals surface area contributed by atoms with Crippen LogP contribution in [0.5, 0.6) is 0 Å². The second-order valence-corrected chi connectivity index (χ2v) is 3.45. The van der Waals surface area contributed by atoms with Crippen molar-refractivity contribution in [1.82, 2.24) is 0 Å². The van der Waals surface area contributed by atoms with E-state index in [1.165, 1.54) is 0 Å². The molecule has 18 heavy (non-hydrogen) atoms. The molecule has 98 valence electrons. The molecule has 0 unspecified atom stereocenters. The summed E-state index contributed by atoms with van der Waals surface area (Å²) in [5.41, 5.74) is 2.77. The highest BCUT2D eigenvalue weighted by Crippen LogP contribution is 2.35. The molecule has 0 saturated heterocycles. The van der Waals surface area contributed by atoms with Gasteiger partial charge in [-0.3, -0.25) is 9.59 Å². The molecule has 0 aliphatic carbocycles. The summed E-state index contributed by atoms with van der Waals surface area (Å²) in [6.07, 6.45) is -4.78. The Balaban J connectivity index is 3.35. The Morgan fingerprint density at radius 1 is 1.17 bits per heavy atom. The molecule has 0 spiro atoms. The Labute approximate surface area is 98.6 Å². The van der Waals surface area contributed by atoms with E-state index in [0.717, 1.165) is 12.1 Å². The summed E-state index contributed by atoms with van der Waals surface area (Å²) in [5.74, 6) is -5.56. The van der Waals surface area contributed by atoms with Gasteiger partial charge in [0.25, 0.3) is 0 Å². The molecule has 0 aromatic heterocycles. The first-order valence-electron chi connectivity index (χ1n) is 4.57. The van der Waals surface area contributed by atoms with E-state index in [1.54, 1.807) is 0 Å². The van der Waals surface area contributed by atoms with E-state index >= 15 is 0 Å². The molecule has 0 radical (unpaired) electrons.